The van der Waals surface area contributed by atoms with E-state index in [1.807, 2.05) is 0 Å². The summed E-state index contributed by atoms with van der Waals surface area (Å²) in [6, 6.07) is 4.59. The average Bonchev–Trinajstić information content (AvgIpc) is 2.31. The molecule has 2 aromatic rings. The van der Waals surface area contributed by atoms with Crippen molar-refractivity contribution < 1.29 is 9.66 Å². The number of hydrogen-bond donors (Lipinski definition) is 1. The van der Waals surface area contributed by atoms with Gasteiger partial charge < -0.3 is 10.5 Å². The zero-order valence-corrected chi connectivity index (χ0v) is 11.4. The predicted molar refractivity (Wildman–Crippen MR) is 73.8 cm³/mol. The summed E-state index contributed by atoms with van der Waals surface area (Å²) < 4.78 is 5.63. The molecule has 7 heteroatoms. The van der Waals surface area contributed by atoms with Crippen molar-refractivity contribution in [3.05, 3.63) is 45.3 Å². The van der Waals surface area contributed by atoms with Gasteiger partial charge in [-0.25, -0.2) is 4.98 Å². The number of benzene rings is 1. The summed E-state index contributed by atoms with van der Waals surface area (Å²) in [5, 5.41) is 10.9. The van der Waals surface area contributed by atoms with Crippen LogP contribution in [0.3, 0.4) is 0 Å². The first-order valence-corrected chi connectivity index (χ1v) is 5.91. The van der Waals surface area contributed by atoms with Gasteiger partial charge in [-0.2, -0.15) is 4.98 Å². The lowest BCUT2D eigenvalue weighted by atomic mass is 10.1. The van der Waals surface area contributed by atoms with Crippen molar-refractivity contribution in [3.63, 3.8) is 0 Å². The van der Waals surface area contributed by atoms with Crippen molar-refractivity contribution in [2.75, 3.05) is 5.73 Å². The van der Waals surface area contributed by atoms with E-state index in [1.165, 1.54) is 12.1 Å². The van der Waals surface area contributed by atoms with Crippen LogP contribution < -0.4 is 10.5 Å². The minimum Gasteiger partial charge on any atom is -0.439 e. The van der Waals surface area contributed by atoms with Gasteiger partial charge >= 0.3 is 0 Å². The minimum absolute atomic E-state index is 0.0632. The lowest BCUT2D eigenvalue weighted by Crippen LogP contribution is -1.99. The van der Waals surface area contributed by atoms with Crippen molar-refractivity contribution in [2.24, 2.45) is 0 Å². The number of nitrogens with zero attached hydrogens (tertiary/aromatic N) is 3. The maximum atomic E-state index is 10.9. The average molecular weight is 274 g/mol. The van der Waals surface area contributed by atoms with Gasteiger partial charge in [0.1, 0.15) is 17.4 Å². The topological polar surface area (TPSA) is 104 Å². The molecule has 0 amide bonds. The predicted octanol–water partition coefficient (Wildman–Crippen LogP) is 2.68. The summed E-state index contributed by atoms with van der Waals surface area (Å²) in [5.41, 5.74) is 6.86. The highest BCUT2D eigenvalue weighted by atomic mass is 16.6. The molecule has 0 radical (unpaired) electrons. The number of ether oxygens (including phenoxy) is 1. The van der Waals surface area contributed by atoms with Crippen LogP contribution in [0.1, 0.15) is 17.0 Å². The van der Waals surface area contributed by atoms with E-state index in [0.717, 1.165) is 0 Å². The molecule has 0 aliphatic rings. The van der Waals surface area contributed by atoms with Crippen LogP contribution in [0.15, 0.2) is 18.2 Å². The number of aryl methyl sites for hydroxylation is 3. The molecular weight excluding hydrogens is 260 g/mol. The Kier molecular flexibility index (Phi) is 3.51. The summed E-state index contributed by atoms with van der Waals surface area (Å²) >= 11 is 0. The van der Waals surface area contributed by atoms with Crippen LogP contribution >= 0.6 is 0 Å². The van der Waals surface area contributed by atoms with Gasteiger partial charge in [0, 0.05) is 17.7 Å². The molecule has 0 aliphatic heterocycles. The molecule has 2 rings (SSSR count). The number of nitro groups is 1. The number of anilines is 1. The Hall–Kier alpha value is -2.70. The Labute approximate surface area is 115 Å². The number of aromatic nitrogens is 2. The van der Waals surface area contributed by atoms with Crippen LogP contribution in [-0.4, -0.2) is 14.9 Å². The van der Waals surface area contributed by atoms with Gasteiger partial charge in [0.05, 0.1) is 4.92 Å². The summed E-state index contributed by atoms with van der Waals surface area (Å²) in [5.74, 6) is 1.62. The lowest BCUT2D eigenvalue weighted by molar-refractivity contribution is -0.385. The molecule has 0 unspecified atom stereocenters. The first kappa shape index (κ1) is 13.7. The highest BCUT2D eigenvalue weighted by Gasteiger charge is 2.15. The number of nitro benzene ring substituents is 1. The van der Waals surface area contributed by atoms with E-state index in [1.54, 1.807) is 26.8 Å². The molecular formula is C13H14N4O3. The zero-order chi connectivity index (χ0) is 14.9. The van der Waals surface area contributed by atoms with Crippen molar-refractivity contribution >= 4 is 11.5 Å². The van der Waals surface area contributed by atoms with Crippen LogP contribution in [0.5, 0.6) is 11.6 Å². The van der Waals surface area contributed by atoms with E-state index in [9.17, 15) is 10.1 Å². The van der Waals surface area contributed by atoms with E-state index in [4.69, 9.17) is 10.5 Å². The summed E-state index contributed by atoms with van der Waals surface area (Å²) in [4.78, 5) is 18.5. The van der Waals surface area contributed by atoms with E-state index in [0.29, 0.717) is 34.4 Å². The van der Waals surface area contributed by atoms with Crippen molar-refractivity contribution in [1.82, 2.24) is 9.97 Å². The normalized spacial score (nSPS) is 10.3. The molecule has 104 valence electrons. The first-order chi connectivity index (χ1) is 9.36. The maximum absolute atomic E-state index is 10.9. The molecule has 0 saturated heterocycles. The quantitative estimate of drug-likeness (QED) is 0.681. The molecule has 0 fully saturated rings. The molecule has 0 aliphatic carbocycles. The van der Waals surface area contributed by atoms with Gasteiger partial charge in [-0.05, 0) is 32.4 Å². The third-order valence-electron chi connectivity index (χ3n) is 2.74. The molecule has 1 aromatic carbocycles. The fourth-order valence-corrected chi connectivity index (χ4v) is 1.81. The highest BCUT2D eigenvalue weighted by molar-refractivity contribution is 5.50. The van der Waals surface area contributed by atoms with Crippen LogP contribution in [0.4, 0.5) is 11.5 Å². The third-order valence-corrected chi connectivity index (χ3v) is 2.74. The smallest absolute Gasteiger partial charge is 0.272 e. The van der Waals surface area contributed by atoms with E-state index < -0.39 is 4.92 Å². The molecule has 0 spiro atoms. The second kappa shape index (κ2) is 5.12. The minimum atomic E-state index is -0.418. The summed E-state index contributed by atoms with van der Waals surface area (Å²) in [6.45, 7) is 5.10. The Bertz CT molecular complexity index is 665. The zero-order valence-electron chi connectivity index (χ0n) is 11.4. The van der Waals surface area contributed by atoms with E-state index >= 15 is 0 Å². The molecule has 1 aromatic heterocycles. The number of nitrogen functional groups attached to an aromatic ring is 1. The van der Waals surface area contributed by atoms with Crippen molar-refractivity contribution in [1.29, 1.82) is 0 Å². The van der Waals surface area contributed by atoms with Crippen molar-refractivity contribution in [3.8, 4) is 11.6 Å². The SMILES string of the molecule is Cc1nc(N)cc(Oc2cc(C)c([N+](=O)[O-])cc2C)n1. The van der Waals surface area contributed by atoms with Crippen LogP contribution in [0.2, 0.25) is 0 Å². The van der Waals surface area contributed by atoms with Gasteiger partial charge in [0.15, 0.2) is 0 Å². The van der Waals surface area contributed by atoms with Gasteiger partial charge in [0.2, 0.25) is 5.88 Å². The van der Waals surface area contributed by atoms with Crippen LogP contribution in [-0.2, 0) is 0 Å². The van der Waals surface area contributed by atoms with Crippen LogP contribution in [0, 0.1) is 30.9 Å². The molecule has 20 heavy (non-hydrogen) atoms. The Morgan fingerprint density at radius 3 is 2.45 bits per heavy atom. The van der Waals surface area contributed by atoms with E-state index in [-0.39, 0.29) is 5.69 Å². The largest absolute Gasteiger partial charge is 0.439 e. The standard InChI is InChI=1S/C13H14N4O3/c1-7-5-11(8(2)4-10(7)17(18)19)20-13-6-12(14)15-9(3)16-13/h4-6H,1-3H3,(H2,14,15,16). The maximum Gasteiger partial charge on any atom is 0.272 e. The molecule has 7 nitrogen and oxygen atoms in total. The molecule has 0 atom stereocenters. The second-order valence-electron chi connectivity index (χ2n) is 4.44. The molecule has 0 bridgehead atoms. The lowest BCUT2D eigenvalue weighted by Gasteiger charge is -2.10. The fraction of sp³-hybridized carbons (Fsp3) is 0.231. The number of rotatable bonds is 3. The second-order valence-corrected chi connectivity index (χ2v) is 4.44. The molecule has 1 heterocycles. The van der Waals surface area contributed by atoms with Gasteiger partial charge in [0.25, 0.3) is 5.69 Å². The first-order valence-electron chi connectivity index (χ1n) is 5.91. The monoisotopic (exact) mass is 274 g/mol. The molecule has 0 saturated carbocycles. The Morgan fingerprint density at radius 2 is 1.85 bits per heavy atom. The van der Waals surface area contributed by atoms with Gasteiger partial charge in [-0.15, -0.1) is 0 Å². The Morgan fingerprint density at radius 1 is 1.15 bits per heavy atom. The number of hydrogen-bond acceptors (Lipinski definition) is 6. The van der Waals surface area contributed by atoms with Gasteiger partial charge in [-0.1, -0.05) is 0 Å². The molecule has 2 N–H and O–H groups in total. The van der Waals surface area contributed by atoms with E-state index in [2.05, 4.69) is 9.97 Å². The van der Waals surface area contributed by atoms with Crippen molar-refractivity contribution in [2.45, 2.75) is 20.8 Å². The number of nitrogens with two attached hydrogens (primary N) is 1. The van der Waals surface area contributed by atoms with Crippen LogP contribution in [0.25, 0.3) is 0 Å². The summed E-state index contributed by atoms with van der Waals surface area (Å²) in [6.07, 6.45) is 0. The fourth-order valence-electron chi connectivity index (χ4n) is 1.81. The van der Waals surface area contributed by atoms with Gasteiger partial charge in [-0.3, -0.25) is 10.1 Å². The summed E-state index contributed by atoms with van der Waals surface area (Å²) in [7, 11) is 0. The third kappa shape index (κ3) is 2.82. The highest BCUT2D eigenvalue weighted by Crippen LogP contribution is 2.30. The Balaban J connectivity index is 2.39.